The molecule has 0 spiro atoms. The molecular weight excluding hydrogens is 350 g/mol. The van der Waals surface area contributed by atoms with Crippen LogP contribution in [0.1, 0.15) is 27.6 Å². The molecule has 140 valence electrons. The van der Waals surface area contributed by atoms with Crippen LogP contribution in [0.5, 0.6) is 5.88 Å². The van der Waals surface area contributed by atoms with Crippen molar-refractivity contribution in [2.75, 3.05) is 20.2 Å². The van der Waals surface area contributed by atoms with Gasteiger partial charge in [-0.05, 0) is 25.1 Å². The number of carboxylic acid groups (broad SMARTS) is 1. The molecule has 1 aliphatic heterocycles. The molecule has 1 unspecified atom stereocenters. The maximum Gasteiger partial charge on any atom is 0.335 e. The van der Waals surface area contributed by atoms with Crippen molar-refractivity contribution in [1.29, 1.82) is 0 Å². The molecule has 1 aromatic heterocycles. The van der Waals surface area contributed by atoms with Crippen LogP contribution in [-0.4, -0.2) is 59.0 Å². The third-order valence-corrected chi connectivity index (χ3v) is 4.45. The summed E-state index contributed by atoms with van der Waals surface area (Å²) in [5.41, 5.74) is 1.58. The SMILES string of the molecule is COc1cc(C(=O)O)cc(-c2ccc(C(=O)N3CCNC(=O)C3C)cc2)n1. The normalized spacial score (nSPS) is 16.6. The maximum atomic E-state index is 12.7. The van der Waals surface area contributed by atoms with Gasteiger partial charge in [0.25, 0.3) is 5.91 Å². The number of piperazine rings is 1. The molecule has 2 heterocycles. The quantitative estimate of drug-likeness (QED) is 0.844. The van der Waals surface area contributed by atoms with Crippen molar-refractivity contribution in [3.63, 3.8) is 0 Å². The van der Waals surface area contributed by atoms with Crippen LogP contribution in [0.15, 0.2) is 36.4 Å². The summed E-state index contributed by atoms with van der Waals surface area (Å²) in [5.74, 6) is -1.29. The highest BCUT2D eigenvalue weighted by molar-refractivity contribution is 5.98. The van der Waals surface area contributed by atoms with Gasteiger partial charge in [0.15, 0.2) is 0 Å². The summed E-state index contributed by atoms with van der Waals surface area (Å²) in [7, 11) is 1.41. The number of hydrogen-bond acceptors (Lipinski definition) is 5. The number of carbonyl (C=O) groups excluding carboxylic acids is 2. The number of aromatic carboxylic acids is 1. The fraction of sp³-hybridized carbons (Fsp3) is 0.263. The standard InChI is InChI=1S/C19H19N3O5/c1-11-17(23)20-7-8-22(11)18(24)13-5-3-12(4-6-13)15-9-14(19(25)26)10-16(21-15)27-2/h3-6,9-11H,7-8H2,1-2H3,(H,20,23)(H,25,26). The summed E-state index contributed by atoms with van der Waals surface area (Å²) < 4.78 is 5.06. The first kappa shape index (κ1) is 18.4. The predicted molar refractivity (Wildman–Crippen MR) is 96.7 cm³/mol. The third-order valence-electron chi connectivity index (χ3n) is 4.45. The van der Waals surface area contributed by atoms with Crippen LogP contribution in [0.4, 0.5) is 0 Å². The number of benzene rings is 1. The second-order valence-corrected chi connectivity index (χ2v) is 6.13. The molecule has 2 aromatic rings. The summed E-state index contributed by atoms with van der Waals surface area (Å²) in [6.45, 7) is 2.57. The number of carboxylic acids is 1. The van der Waals surface area contributed by atoms with Crippen molar-refractivity contribution in [3.8, 4) is 17.1 Å². The van der Waals surface area contributed by atoms with E-state index in [2.05, 4.69) is 10.3 Å². The van der Waals surface area contributed by atoms with Crippen molar-refractivity contribution in [1.82, 2.24) is 15.2 Å². The Morgan fingerprint density at radius 1 is 1.22 bits per heavy atom. The molecule has 1 saturated heterocycles. The van der Waals surface area contributed by atoms with Gasteiger partial charge >= 0.3 is 5.97 Å². The van der Waals surface area contributed by atoms with E-state index >= 15 is 0 Å². The Bertz CT molecular complexity index is 895. The summed E-state index contributed by atoms with van der Waals surface area (Å²) in [6, 6.07) is 8.91. The number of pyridine rings is 1. The van der Waals surface area contributed by atoms with Gasteiger partial charge < -0.3 is 20.1 Å². The number of methoxy groups -OCH3 is 1. The zero-order valence-corrected chi connectivity index (χ0v) is 14.9. The number of aromatic nitrogens is 1. The highest BCUT2D eigenvalue weighted by atomic mass is 16.5. The summed E-state index contributed by atoms with van der Waals surface area (Å²) in [6.07, 6.45) is 0. The minimum atomic E-state index is -1.08. The van der Waals surface area contributed by atoms with Crippen LogP contribution in [0.2, 0.25) is 0 Å². The van der Waals surface area contributed by atoms with Gasteiger partial charge in [0, 0.05) is 30.3 Å². The van der Waals surface area contributed by atoms with E-state index in [0.717, 1.165) is 0 Å². The average molecular weight is 369 g/mol. The van der Waals surface area contributed by atoms with Crippen LogP contribution in [0.3, 0.4) is 0 Å². The van der Waals surface area contributed by atoms with Crippen molar-refractivity contribution in [2.24, 2.45) is 0 Å². The van der Waals surface area contributed by atoms with E-state index < -0.39 is 12.0 Å². The molecule has 1 fully saturated rings. The fourth-order valence-electron chi connectivity index (χ4n) is 2.89. The van der Waals surface area contributed by atoms with E-state index in [0.29, 0.717) is 29.9 Å². The Morgan fingerprint density at radius 2 is 1.93 bits per heavy atom. The summed E-state index contributed by atoms with van der Waals surface area (Å²) in [4.78, 5) is 41.5. The molecule has 3 rings (SSSR count). The Hall–Kier alpha value is -3.42. The topological polar surface area (TPSA) is 109 Å². The molecule has 1 atom stereocenters. The molecule has 2 amide bonds. The highest BCUT2D eigenvalue weighted by Crippen LogP contribution is 2.23. The molecule has 1 aromatic carbocycles. The maximum absolute atomic E-state index is 12.7. The van der Waals surface area contributed by atoms with Gasteiger partial charge in [-0.15, -0.1) is 0 Å². The van der Waals surface area contributed by atoms with Crippen LogP contribution >= 0.6 is 0 Å². The lowest BCUT2D eigenvalue weighted by molar-refractivity contribution is -0.127. The molecular formula is C19H19N3O5. The van der Waals surface area contributed by atoms with E-state index in [9.17, 15) is 19.5 Å². The monoisotopic (exact) mass is 369 g/mol. The van der Waals surface area contributed by atoms with E-state index in [1.807, 2.05) is 0 Å². The molecule has 8 nitrogen and oxygen atoms in total. The van der Waals surface area contributed by atoms with Crippen molar-refractivity contribution < 1.29 is 24.2 Å². The zero-order valence-electron chi connectivity index (χ0n) is 14.9. The van der Waals surface area contributed by atoms with Crippen molar-refractivity contribution in [2.45, 2.75) is 13.0 Å². The number of rotatable bonds is 4. The number of nitrogens with one attached hydrogen (secondary N) is 1. The molecule has 8 heteroatoms. The molecule has 2 N–H and O–H groups in total. The lowest BCUT2D eigenvalue weighted by Gasteiger charge is -2.32. The van der Waals surface area contributed by atoms with Gasteiger partial charge in [0.05, 0.1) is 18.4 Å². The van der Waals surface area contributed by atoms with Gasteiger partial charge in [0.2, 0.25) is 11.8 Å². The number of ether oxygens (including phenoxy) is 1. The lowest BCUT2D eigenvalue weighted by Crippen LogP contribution is -2.55. The first-order valence-corrected chi connectivity index (χ1v) is 8.39. The molecule has 0 saturated carbocycles. The largest absolute Gasteiger partial charge is 0.481 e. The Morgan fingerprint density at radius 3 is 2.56 bits per heavy atom. The minimum absolute atomic E-state index is 0.0603. The zero-order chi connectivity index (χ0) is 19.6. The Labute approximate surface area is 155 Å². The van der Waals surface area contributed by atoms with Crippen molar-refractivity contribution in [3.05, 3.63) is 47.5 Å². The molecule has 0 radical (unpaired) electrons. The second kappa shape index (κ2) is 7.45. The number of amides is 2. The third kappa shape index (κ3) is 3.74. The van der Waals surface area contributed by atoms with E-state index in [1.54, 1.807) is 31.2 Å². The summed E-state index contributed by atoms with van der Waals surface area (Å²) in [5, 5.41) is 11.9. The molecule has 0 aliphatic carbocycles. The number of carbonyl (C=O) groups is 3. The molecule has 1 aliphatic rings. The second-order valence-electron chi connectivity index (χ2n) is 6.13. The lowest BCUT2D eigenvalue weighted by atomic mass is 10.0. The molecule has 27 heavy (non-hydrogen) atoms. The highest BCUT2D eigenvalue weighted by Gasteiger charge is 2.29. The van der Waals surface area contributed by atoms with Crippen LogP contribution < -0.4 is 10.1 Å². The summed E-state index contributed by atoms with van der Waals surface area (Å²) >= 11 is 0. The van der Waals surface area contributed by atoms with E-state index in [4.69, 9.17) is 4.74 Å². The minimum Gasteiger partial charge on any atom is -0.481 e. The number of nitrogens with zero attached hydrogens (tertiary/aromatic N) is 2. The smallest absolute Gasteiger partial charge is 0.335 e. The van der Waals surface area contributed by atoms with Gasteiger partial charge in [0.1, 0.15) is 6.04 Å². The van der Waals surface area contributed by atoms with Gasteiger partial charge in [-0.2, -0.15) is 0 Å². The first-order chi connectivity index (χ1) is 12.9. The van der Waals surface area contributed by atoms with Crippen LogP contribution in [0.25, 0.3) is 11.3 Å². The fourth-order valence-corrected chi connectivity index (χ4v) is 2.89. The van der Waals surface area contributed by atoms with E-state index in [1.165, 1.54) is 24.1 Å². The first-order valence-electron chi connectivity index (χ1n) is 8.39. The molecule has 0 bridgehead atoms. The van der Waals surface area contributed by atoms with Crippen molar-refractivity contribution >= 4 is 17.8 Å². The van der Waals surface area contributed by atoms with E-state index in [-0.39, 0.29) is 23.3 Å². The average Bonchev–Trinajstić information content (AvgIpc) is 2.69. The van der Waals surface area contributed by atoms with Crippen LogP contribution in [0, 0.1) is 0 Å². The Balaban J connectivity index is 1.87. The number of hydrogen-bond donors (Lipinski definition) is 2. The van der Waals surface area contributed by atoms with Gasteiger partial charge in [-0.1, -0.05) is 12.1 Å². The predicted octanol–water partition coefficient (Wildman–Crippen LogP) is 1.42. The Kier molecular flexibility index (Phi) is 5.07. The van der Waals surface area contributed by atoms with Gasteiger partial charge in [-0.25, -0.2) is 9.78 Å². The van der Waals surface area contributed by atoms with Crippen LogP contribution in [-0.2, 0) is 4.79 Å². The van der Waals surface area contributed by atoms with Gasteiger partial charge in [-0.3, -0.25) is 9.59 Å².